The van der Waals surface area contributed by atoms with Crippen LogP contribution < -0.4 is 20.9 Å². The Morgan fingerprint density at radius 3 is 2.84 bits per heavy atom. The van der Waals surface area contributed by atoms with E-state index < -0.39 is 0 Å². The number of nitrogens with zero attached hydrogens (tertiary/aromatic N) is 6. The van der Waals surface area contributed by atoms with Crippen molar-refractivity contribution in [1.29, 1.82) is 0 Å². The Bertz CT molecular complexity index is 1190. The normalized spacial score (nSPS) is 13.4. The Balaban J connectivity index is 1.48. The molecule has 1 aliphatic rings. The second-order valence-electron chi connectivity index (χ2n) is 9.05. The van der Waals surface area contributed by atoms with E-state index in [1.54, 1.807) is 6.20 Å². The highest BCUT2D eigenvalue weighted by Crippen LogP contribution is 2.27. The molecule has 0 saturated carbocycles. The third-order valence-corrected chi connectivity index (χ3v) is 5.84. The van der Waals surface area contributed by atoms with Gasteiger partial charge in [0.1, 0.15) is 0 Å². The van der Waals surface area contributed by atoms with E-state index in [9.17, 15) is 4.79 Å². The summed E-state index contributed by atoms with van der Waals surface area (Å²) in [6.45, 7) is 8.75. The quantitative estimate of drug-likeness (QED) is 0.320. The van der Waals surface area contributed by atoms with Crippen LogP contribution in [-0.4, -0.2) is 77.5 Å². The highest BCUT2D eigenvalue weighted by atomic mass is 16.5. The van der Waals surface area contributed by atoms with Crippen molar-refractivity contribution in [3.63, 3.8) is 0 Å². The van der Waals surface area contributed by atoms with E-state index in [-0.39, 0.29) is 5.91 Å². The Kier molecular flexibility index (Phi) is 9.06. The van der Waals surface area contributed by atoms with Gasteiger partial charge in [0.05, 0.1) is 37.0 Å². The zero-order valence-electron chi connectivity index (χ0n) is 21.5. The SMILES string of the molecule is C=CC(=O)Nc1cccc(CNc2nc(Nc3cnn(CCCN(C)C)c3)ncc2N2CCOCC2)c1. The fraction of sp³-hybridized carbons (Fsp3) is 0.385. The molecule has 0 radical (unpaired) electrons. The lowest BCUT2D eigenvalue weighted by Crippen LogP contribution is -2.36. The first kappa shape index (κ1) is 26.1. The van der Waals surface area contributed by atoms with Gasteiger partial charge in [0.25, 0.3) is 0 Å². The molecule has 0 aliphatic carbocycles. The number of anilines is 5. The van der Waals surface area contributed by atoms with Crippen LogP contribution in [0, 0.1) is 0 Å². The topological polar surface area (TPSA) is 112 Å². The van der Waals surface area contributed by atoms with E-state index in [4.69, 9.17) is 9.72 Å². The van der Waals surface area contributed by atoms with Crippen molar-refractivity contribution in [2.75, 3.05) is 67.8 Å². The maximum absolute atomic E-state index is 11.7. The molecule has 3 N–H and O–H groups in total. The molecule has 4 rings (SSSR count). The van der Waals surface area contributed by atoms with Gasteiger partial charge in [0, 0.05) is 38.1 Å². The standard InChI is InChI=1S/C26H35N9O2/c1-4-24(36)30-21-8-5-7-20(15-21)16-27-25-23(34-11-13-37-14-12-34)18-28-26(32-25)31-22-17-29-35(19-22)10-6-9-33(2)3/h4-5,7-8,15,17-19H,1,6,9-14,16H2,2-3H3,(H,30,36)(H2,27,28,31,32). The number of morpholine rings is 1. The van der Waals surface area contributed by atoms with E-state index in [1.807, 2.05) is 41.3 Å². The lowest BCUT2D eigenvalue weighted by Gasteiger charge is -2.30. The van der Waals surface area contributed by atoms with Gasteiger partial charge >= 0.3 is 0 Å². The molecule has 196 valence electrons. The number of aryl methyl sites for hydroxylation is 1. The monoisotopic (exact) mass is 505 g/mol. The molecular weight excluding hydrogens is 470 g/mol. The van der Waals surface area contributed by atoms with Crippen molar-refractivity contribution in [2.45, 2.75) is 19.5 Å². The summed E-state index contributed by atoms with van der Waals surface area (Å²) in [5.74, 6) is 0.963. The molecule has 0 unspecified atom stereocenters. The molecule has 11 nitrogen and oxygen atoms in total. The minimum Gasteiger partial charge on any atom is -0.378 e. The molecule has 0 atom stereocenters. The molecule has 3 heterocycles. The van der Waals surface area contributed by atoms with Crippen LogP contribution in [0.4, 0.5) is 28.8 Å². The molecule has 1 amide bonds. The summed E-state index contributed by atoms with van der Waals surface area (Å²) in [4.78, 5) is 25.4. The zero-order valence-corrected chi connectivity index (χ0v) is 21.5. The summed E-state index contributed by atoms with van der Waals surface area (Å²) in [6.07, 6.45) is 7.86. The smallest absolute Gasteiger partial charge is 0.247 e. The predicted octanol–water partition coefficient (Wildman–Crippen LogP) is 2.94. The Morgan fingerprint density at radius 1 is 1.22 bits per heavy atom. The first-order valence-corrected chi connectivity index (χ1v) is 12.4. The van der Waals surface area contributed by atoms with Gasteiger partial charge in [-0.25, -0.2) is 4.98 Å². The van der Waals surface area contributed by atoms with Gasteiger partial charge in [-0.15, -0.1) is 0 Å². The Morgan fingerprint density at radius 2 is 2.05 bits per heavy atom. The van der Waals surface area contributed by atoms with Gasteiger partial charge in [0.2, 0.25) is 11.9 Å². The fourth-order valence-corrected chi connectivity index (χ4v) is 3.97. The summed E-state index contributed by atoms with van der Waals surface area (Å²) >= 11 is 0. The lowest BCUT2D eigenvalue weighted by molar-refractivity contribution is -0.111. The van der Waals surface area contributed by atoms with E-state index in [0.717, 1.165) is 55.4 Å². The van der Waals surface area contributed by atoms with Crippen LogP contribution in [0.5, 0.6) is 0 Å². The Hall–Kier alpha value is -3.96. The number of aromatic nitrogens is 4. The van der Waals surface area contributed by atoms with Gasteiger partial charge in [-0.3, -0.25) is 9.48 Å². The van der Waals surface area contributed by atoms with E-state index in [2.05, 4.69) is 56.5 Å². The highest BCUT2D eigenvalue weighted by molar-refractivity contribution is 5.98. The summed E-state index contributed by atoms with van der Waals surface area (Å²) in [7, 11) is 4.13. The van der Waals surface area contributed by atoms with Gasteiger partial charge in [0.15, 0.2) is 5.82 Å². The Labute approximate surface area is 217 Å². The van der Waals surface area contributed by atoms with Crippen molar-refractivity contribution in [1.82, 2.24) is 24.6 Å². The molecule has 37 heavy (non-hydrogen) atoms. The first-order chi connectivity index (χ1) is 18.0. The van der Waals surface area contributed by atoms with Crippen LogP contribution in [0.25, 0.3) is 0 Å². The maximum Gasteiger partial charge on any atom is 0.247 e. The van der Waals surface area contributed by atoms with Gasteiger partial charge < -0.3 is 30.5 Å². The zero-order chi connectivity index (χ0) is 26.0. The summed E-state index contributed by atoms with van der Waals surface area (Å²) in [5.41, 5.74) is 3.47. The van der Waals surface area contributed by atoms with E-state index >= 15 is 0 Å². The molecule has 1 fully saturated rings. The number of carbonyl (C=O) groups is 1. The van der Waals surface area contributed by atoms with Crippen molar-refractivity contribution >= 4 is 34.7 Å². The number of carbonyl (C=O) groups excluding carboxylic acids is 1. The third kappa shape index (κ3) is 7.76. The van der Waals surface area contributed by atoms with E-state index in [0.29, 0.717) is 31.4 Å². The second kappa shape index (κ2) is 12.8. The molecule has 0 bridgehead atoms. The molecule has 1 aliphatic heterocycles. The third-order valence-electron chi connectivity index (χ3n) is 5.84. The van der Waals surface area contributed by atoms with Crippen LogP contribution in [0.1, 0.15) is 12.0 Å². The summed E-state index contributed by atoms with van der Waals surface area (Å²) < 4.78 is 7.44. The molecule has 3 aromatic rings. The lowest BCUT2D eigenvalue weighted by atomic mass is 10.2. The summed E-state index contributed by atoms with van der Waals surface area (Å²) in [6, 6.07) is 7.67. The van der Waals surface area contributed by atoms with Crippen molar-refractivity contribution in [3.05, 3.63) is 61.1 Å². The molecular formula is C26H35N9O2. The number of nitrogens with one attached hydrogen (secondary N) is 3. The predicted molar refractivity (Wildman–Crippen MR) is 146 cm³/mol. The van der Waals surface area contributed by atoms with Gasteiger partial charge in [-0.05, 0) is 50.8 Å². The fourth-order valence-electron chi connectivity index (χ4n) is 3.97. The van der Waals surface area contributed by atoms with Crippen LogP contribution >= 0.6 is 0 Å². The van der Waals surface area contributed by atoms with Crippen molar-refractivity contribution in [3.8, 4) is 0 Å². The number of rotatable bonds is 12. The molecule has 11 heteroatoms. The van der Waals surface area contributed by atoms with Gasteiger partial charge in [-0.2, -0.15) is 10.1 Å². The molecule has 2 aromatic heterocycles. The van der Waals surface area contributed by atoms with Crippen LogP contribution in [0.2, 0.25) is 0 Å². The number of hydrogen-bond acceptors (Lipinski definition) is 9. The number of ether oxygens (including phenoxy) is 1. The minimum atomic E-state index is -0.243. The van der Waals surface area contributed by atoms with Crippen molar-refractivity contribution < 1.29 is 9.53 Å². The minimum absolute atomic E-state index is 0.243. The highest BCUT2D eigenvalue weighted by Gasteiger charge is 2.18. The largest absolute Gasteiger partial charge is 0.378 e. The average Bonchev–Trinajstić information content (AvgIpc) is 3.35. The van der Waals surface area contributed by atoms with Gasteiger partial charge in [-0.1, -0.05) is 18.7 Å². The number of hydrogen-bond donors (Lipinski definition) is 3. The van der Waals surface area contributed by atoms with Crippen LogP contribution in [0.15, 0.2) is 55.5 Å². The average molecular weight is 506 g/mol. The number of benzene rings is 1. The first-order valence-electron chi connectivity index (χ1n) is 12.4. The van der Waals surface area contributed by atoms with Crippen LogP contribution in [0.3, 0.4) is 0 Å². The van der Waals surface area contributed by atoms with Crippen molar-refractivity contribution in [2.24, 2.45) is 0 Å². The molecule has 1 saturated heterocycles. The van der Waals surface area contributed by atoms with E-state index in [1.165, 1.54) is 6.08 Å². The molecule has 1 aromatic carbocycles. The number of amides is 1. The van der Waals surface area contributed by atoms with Crippen LogP contribution in [-0.2, 0) is 22.6 Å². The second-order valence-corrected chi connectivity index (χ2v) is 9.05. The summed E-state index contributed by atoms with van der Waals surface area (Å²) in [5, 5.41) is 14.0. The maximum atomic E-state index is 11.7. The molecule has 0 spiro atoms.